The van der Waals surface area contributed by atoms with Crippen LogP contribution < -0.4 is 0 Å². The molecule has 1 aromatic rings. The van der Waals surface area contributed by atoms with Gasteiger partial charge in [0.05, 0.1) is 6.04 Å². The Morgan fingerprint density at radius 1 is 1.41 bits per heavy atom. The van der Waals surface area contributed by atoms with Crippen LogP contribution in [-0.2, 0) is 11.2 Å². The van der Waals surface area contributed by atoms with Crippen LogP contribution in [0.15, 0.2) is 24.5 Å². The Morgan fingerprint density at radius 2 is 2.00 bits per heavy atom. The third-order valence-electron chi connectivity index (χ3n) is 2.84. The first kappa shape index (κ1) is 14.1. The quantitative estimate of drug-likeness (QED) is 0.731. The number of nitrogens with zero attached hydrogens (tertiary/aromatic N) is 2. The number of halogens is 1. The molecule has 0 aliphatic carbocycles. The van der Waals surface area contributed by atoms with Gasteiger partial charge in [-0.2, -0.15) is 0 Å². The molecule has 0 saturated carbocycles. The molecule has 0 aromatic carbocycles. The first-order valence-corrected chi connectivity index (χ1v) is 6.18. The van der Waals surface area contributed by atoms with Gasteiger partial charge in [-0.1, -0.05) is 13.8 Å². The minimum absolute atomic E-state index is 0.210. The lowest BCUT2D eigenvalue weighted by atomic mass is 10.0. The van der Waals surface area contributed by atoms with Crippen LogP contribution in [0.25, 0.3) is 0 Å². The van der Waals surface area contributed by atoms with E-state index in [-0.39, 0.29) is 17.2 Å². The van der Waals surface area contributed by atoms with E-state index in [4.69, 9.17) is 11.6 Å². The van der Waals surface area contributed by atoms with Gasteiger partial charge in [0.1, 0.15) is 0 Å². The summed E-state index contributed by atoms with van der Waals surface area (Å²) in [6, 6.07) is 3.76. The highest BCUT2D eigenvalue weighted by molar-refractivity contribution is 6.64. The van der Waals surface area contributed by atoms with E-state index in [9.17, 15) is 4.79 Å². The average Bonchev–Trinajstić information content (AvgIpc) is 2.27. The van der Waals surface area contributed by atoms with E-state index in [0.717, 1.165) is 13.0 Å². The average molecular weight is 255 g/mol. The van der Waals surface area contributed by atoms with Crippen LogP contribution in [0.2, 0.25) is 0 Å². The maximum absolute atomic E-state index is 11.4. The van der Waals surface area contributed by atoms with Crippen LogP contribution in [-0.4, -0.2) is 34.8 Å². The lowest BCUT2D eigenvalue weighted by Crippen LogP contribution is -2.41. The van der Waals surface area contributed by atoms with Crippen LogP contribution in [0.4, 0.5) is 0 Å². The summed E-state index contributed by atoms with van der Waals surface area (Å²) in [7, 11) is 1.94. The van der Waals surface area contributed by atoms with Crippen molar-refractivity contribution in [2.75, 3.05) is 13.6 Å². The highest BCUT2D eigenvalue weighted by atomic mass is 35.5. The zero-order valence-corrected chi connectivity index (χ0v) is 11.3. The molecule has 1 aromatic heterocycles. The fraction of sp³-hybridized carbons (Fsp3) is 0.538. The smallest absolute Gasteiger partial charge is 0.239 e. The highest BCUT2D eigenvalue weighted by Gasteiger charge is 2.24. The van der Waals surface area contributed by atoms with Gasteiger partial charge < -0.3 is 0 Å². The molecule has 0 fully saturated rings. The second-order valence-corrected chi connectivity index (χ2v) is 4.95. The molecular formula is C13H19ClN2O. The molecule has 0 saturated heterocycles. The van der Waals surface area contributed by atoms with E-state index in [1.54, 1.807) is 12.4 Å². The predicted molar refractivity (Wildman–Crippen MR) is 70.1 cm³/mol. The van der Waals surface area contributed by atoms with Gasteiger partial charge >= 0.3 is 0 Å². The van der Waals surface area contributed by atoms with E-state index in [0.29, 0.717) is 0 Å². The molecule has 0 radical (unpaired) electrons. The molecule has 1 atom stereocenters. The van der Waals surface area contributed by atoms with Crippen molar-refractivity contribution in [3.8, 4) is 0 Å². The minimum Gasteiger partial charge on any atom is -0.295 e. The number of likely N-dealkylation sites (N-methyl/N-ethyl adjacent to an activating group) is 1. The predicted octanol–water partition coefficient (Wildman–Crippen LogP) is 2.35. The number of aromatic nitrogens is 1. The van der Waals surface area contributed by atoms with Gasteiger partial charge in [-0.05, 0) is 48.7 Å². The number of hydrogen-bond donors (Lipinski definition) is 0. The molecule has 0 N–H and O–H groups in total. The van der Waals surface area contributed by atoms with Crippen molar-refractivity contribution < 1.29 is 4.79 Å². The Labute approximate surface area is 108 Å². The highest BCUT2D eigenvalue weighted by Crippen LogP contribution is 2.13. The largest absolute Gasteiger partial charge is 0.295 e. The van der Waals surface area contributed by atoms with Gasteiger partial charge in [0.25, 0.3) is 0 Å². The fourth-order valence-electron chi connectivity index (χ4n) is 1.94. The Kier molecular flexibility index (Phi) is 5.59. The van der Waals surface area contributed by atoms with Crippen LogP contribution in [0.5, 0.6) is 0 Å². The summed E-state index contributed by atoms with van der Waals surface area (Å²) in [5.41, 5.74) is 1.22. The van der Waals surface area contributed by atoms with Crippen LogP contribution >= 0.6 is 11.6 Å². The lowest BCUT2D eigenvalue weighted by Gasteiger charge is -2.27. The van der Waals surface area contributed by atoms with Crippen molar-refractivity contribution in [3.63, 3.8) is 0 Å². The van der Waals surface area contributed by atoms with Gasteiger partial charge in [0.15, 0.2) is 0 Å². The number of rotatable bonds is 6. The monoisotopic (exact) mass is 254 g/mol. The third kappa shape index (κ3) is 4.44. The molecule has 0 bridgehead atoms. The topological polar surface area (TPSA) is 33.2 Å². The fourth-order valence-corrected chi connectivity index (χ4v) is 2.36. The van der Waals surface area contributed by atoms with Crippen molar-refractivity contribution in [2.45, 2.75) is 26.3 Å². The summed E-state index contributed by atoms with van der Waals surface area (Å²) in [4.78, 5) is 17.3. The molecule has 0 amide bonds. The van der Waals surface area contributed by atoms with Crippen molar-refractivity contribution in [1.82, 2.24) is 9.88 Å². The summed E-state index contributed by atoms with van der Waals surface area (Å²) < 4.78 is 0. The minimum atomic E-state index is -0.280. The number of pyridine rings is 1. The summed E-state index contributed by atoms with van der Waals surface area (Å²) in [6.45, 7) is 4.83. The van der Waals surface area contributed by atoms with Gasteiger partial charge in [0, 0.05) is 18.9 Å². The molecular weight excluding hydrogens is 236 g/mol. The molecule has 94 valence electrons. The lowest BCUT2D eigenvalue weighted by molar-refractivity contribution is -0.117. The third-order valence-corrected chi connectivity index (χ3v) is 3.06. The van der Waals surface area contributed by atoms with E-state index < -0.39 is 0 Å². The SMILES string of the molecule is CC(C)C(C(=O)Cl)N(C)CCc1ccncc1. The summed E-state index contributed by atoms with van der Waals surface area (Å²) >= 11 is 5.62. The van der Waals surface area contributed by atoms with Gasteiger partial charge in [-0.25, -0.2) is 0 Å². The molecule has 1 rings (SSSR count). The maximum atomic E-state index is 11.4. The molecule has 4 heteroatoms. The summed E-state index contributed by atoms with van der Waals surface area (Å²) in [6.07, 6.45) is 4.45. The van der Waals surface area contributed by atoms with Crippen molar-refractivity contribution >= 4 is 16.8 Å². The Morgan fingerprint density at radius 3 is 2.47 bits per heavy atom. The Hall–Kier alpha value is -0.930. The molecule has 17 heavy (non-hydrogen) atoms. The van der Waals surface area contributed by atoms with E-state index >= 15 is 0 Å². The van der Waals surface area contributed by atoms with E-state index in [1.165, 1.54) is 5.56 Å². The first-order chi connectivity index (χ1) is 8.02. The number of carbonyl (C=O) groups is 1. The zero-order valence-electron chi connectivity index (χ0n) is 10.6. The van der Waals surface area contributed by atoms with E-state index in [1.807, 2.05) is 37.9 Å². The number of hydrogen-bond acceptors (Lipinski definition) is 3. The van der Waals surface area contributed by atoms with Crippen molar-refractivity contribution in [2.24, 2.45) is 5.92 Å². The normalized spacial score (nSPS) is 13.1. The van der Waals surface area contributed by atoms with Crippen molar-refractivity contribution in [3.05, 3.63) is 30.1 Å². The molecule has 1 unspecified atom stereocenters. The van der Waals surface area contributed by atoms with Gasteiger partial charge in [-0.15, -0.1) is 0 Å². The molecule has 1 heterocycles. The second-order valence-electron chi connectivity index (χ2n) is 4.58. The summed E-state index contributed by atoms with van der Waals surface area (Å²) in [5.74, 6) is 0.224. The molecule has 0 aliphatic heterocycles. The van der Waals surface area contributed by atoms with Crippen molar-refractivity contribution in [1.29, 1.82) is 0 Å². The molecule has 3 nitrogen and oxygen atoms in total. The number of carbonyl (C=O) groups excluding carboxylic acids is 1. The Bertz CT molecular complexity index is 354. The Balaban J connectivity index is 2.53. The molecule has 0 aliphatic rings. The zero-order chi connectivity index (χ0) is 12.8. The van der Waals surface area contributed by atoms with Crippen LogP contribution in [0, 0.1) is 5.92 Å². The van der Waals surface area contributed by atoms with Gasteiger partial charge in [-0.3, -0.25) is 14.7 Å². The van der Waals surface area contributed by atoms with E-state index in [2.05, 4.69) is 4.98 Å². The summed E-state index contributed by atoms with van der Waals surface area (Å²) in [5, 5.41) is -0.280. The van der Waals surface area contributed by atoms with Crippen LogP contribution in [0.3, 0.4) is 0 Å². The standard InChI is InChI=1S/C13H19ClN2O/c1-10(2)12(13(14)17)16(3)9-6-11-4-7-15-8-5-11/h4-5,7-8,10,12H,6,9H2,1-3H3. The first-order valence-electron chi connectivity index (χ1n) is 5.81. The maximum Gasteiger partial charge on any atom is 0.239 e. The second kappa shape index (κ2) is 6.72. The molecule has 0 spiro atoms. The van der Waals surface area contributed by atoms with Gasteiger partial charge in [0.2, 0.25) is 5.24 Å². The van der Waals surface area contributed by atoms with Crippen LogP contribution in [0.1, 0.15) is 19.4 Å².